The van der Waals surface area contributed by atoms with Crippen molar-refractivity contribution < 1.29 is 4.74 Å². The van der Waals surface area contributed by atoms with Gasteiger partial charge in [0.1, 0.15) is 17.3 Å². The number of aromatic nitrogens is 3. The van der Waals surface area contributed by atoms with Gasteiger partial charge in [0.15, 0.2) is 5.82 Å². The van der Waals surface area contributed by atoms with Gasteiger partial charge in [0.05, 0.1) is 13.2 Å². The zero-order valence-electron chi connectivity index (χ0n) is 15.4. The first-order chi connectivity index (χ1) is 13.3. The highest BCUT2D eigenvalue weighted by atomic mass is 16.5. The fourth-order valence-electron chi connectivity index (χ4n) is 4.29. The van der Waals surface area contributed by atoms with E-state index in [1.807, 2.05) is 24.3 Å². The van der Waals surface area contributed by atoms with Crippen LogP contribution in [0.3, 0.4) is 0 Å². The topological polar surface area (TPSA) is 59.9 Å². The van der Waals surface area contributed by atoms with Gasteiger partial charge in [-0.1, -0.05) is 18.2 Å². The first kappa shape index (κ1) is 16.2. The Bertz CT molecular complexity index is 987. The largest absolute Gasteiger partial charge is 0.496 e. The third-order valence-electron chi connectivity index (χ3n) is 5.59. The Hall–Kier alpha value is -2.95. The lowest BCUT2D eigenvalue weighted by Gasteiger charge is -2.18. The smallest absolute Gasteiger partial charge is 0.180 e. The molecule has 0 bridgehead atoms. The number of aryl methyl sites for hydroxylation is 1. The Morgan fingerprint density at radius 1 is 1.00 bits per heavy atom. The van der Waals surface area contributed by atoms with Crippen molar-refractivity contribution >= 4 is 5.82 Å². The maximum absolute atomic E-state index is 5.54. The minimum atomic E-state index is 0.256. The molecule has 0 spiro atoms. The van der Waals surface area contributed by atoms with Crippen LogP contribution in [0.5, 0.6) is 5.75 Å². The number of fused-ring (bicyclic) bond motifs is 2. The van der Waals surface area contributed by atoms with Gasteiger partial charge < -0.3 is 10.1 Å². The van der Waals surface area contributed by atoms with Crippen LogP contribution < -0.4 is 10.1 Å². The standard InChI is InChI=1S/C22H22N4O/c1-27-20-10-5-6-14-15(20)11-12-18(14)24-21-16-7-4-9-17(16)25-22(26-21)19-8-2-3-13-23-19/h2-3,5-6,8,10,13,18H,4,7,9,11-12H2,1H3,(H,24,25,26). The van der Waals surface area contributed by atoms with E-state index in [1.54, 1.807) is 13.3 Å². The van der Waals surface area contributed by atoms with Gasteiger partial charge in [-0.05, 0) is 61.4 Å². The van der Waals surface area contributed by atoms with Crippen LogP contribution in [0.4, 0.5) is 5.82 Å². The molecule has 5 rings (SSSR count). The molecule has 0 saturated carbocycles. The highest BCUT2D eigenvalue weighted by Crippen LogP contribution is 2.40. The van der Waals surface area contributed by atoms with E-state index in [-0.39, 0.29) is 6.04 Å². The zero-order valence-corrected chi connectivity index (χ0v) is 15.4. The second-order valence-corrected chi connectivity index (χ2v) is 7.15. The van der Waals surface area contributed by atoms with Gasteiger partial charge in [0, 0.05) is 17.5 Å². The Labute approximate surface area is 158 Å². The molecule has 0 saturated heterocycles. The second kappa shape index (κ2) is 6.65. The maximum atomic E-state index is 5.54. The summed E-state index contributed by atoms with van der Waals surface area (Å²) >= 11 is 0. The number of rotatable bonds is 4. The fourth-order valence-corrected chi connectivity index (χ4v) is 4.29. The van der Waals surface area contributed by atoms with E-state index in [9.17, 15) is 0 Å². The van der Waals surface area contributed by atoms with Gasteiger partial charge in [0.25, 0.3) is 0 Å². The monoisotopic (exact) mass is 358 g/mol. The lowest BCUT2D eigenvalue weighted by molar-refractivity contribution is 0.410. The third-order valence-corrected chi connectivity index (χ3v) is 5.59. The van der Waals surface area contributed by atoms with E-state index in [0.717, 1.165) is 55.1 Å². The predicted octanol–water partition coefficient (Wildman–Crippen LogP) is 4.14. The third kappa shape index (κ3) is 2.83. The van der Waals surface area contributed by atoms with Crippen LogP contribution in [0.15, 0.2) is 42.6 Å². The van der Waals surface area contributed by atoms with Gasteiger partial charge in [0.2, 0.25) is 0 Å². The molecule has 2 aliphatic carbocycles. The summed E-state index contributed by atoms with van der Waals surface area (Å²) in [7, 11) is 1.74. The molecule has 5 nitrogen and oxygen atoms in total. The van der Waals surface area contributed by atoms with E-state index in [1.165, 1.54) is 16.7 Å². The highest BCUT2D eigenvalue weighted by Gasteiger charge is 2.28. The molecule has 2 aliphatic rings. The fraction of sp³-hybridized carbons (Fsp3) is 0.318. The minimum Gasteiger partial charge on any atom is -0.496 e. The second-order valence-electron chi connectivity index (χ2n) is 7.15. The first-order valence-electron chi connectivity index (χ1n) is 9.57. The van der Waals surface area contributed by atoms with Crippen molar-refractivity contribution in [1.82, 2.24) is 15.0 Å². The first-order valence-corrected chi connectivity index (χ1v) is 9.57. The molecule has 136 valence electrons. The Morgan fingerprint density at radius 2 is 1.96 bits per heavy atom. The molecular weight excluding hydrogens is 336 g/mol. The van der Waals surface area contributed by atoms with Gasteiger partial charge >= 0.3 is 0 Å². The van der Waals surface area contributed by atoms with Crippen molar-refractivity contribution in [1.29, 1.82) is 0 Å². The predicted molar refractivity (Wildman–Crippen MR) is 105 cm³/mol. The van der Waals surface area contributed by atoms with E-state index in [0.29, 0.717) is 5.82 Å². The number of benzene rings is 1. The average molecular weight is 358 g/mol. The van der Waals surface area contributed by atoms with Crippen molar-refractivity contribution in [2.24, 2.45) is 0 Å². The van der Waals surface area contributed by atoms with Crippen molar-refractivity contribution in [2.45, 2.75) is 38.1 Å². The lowest BCUT2D eigenvalue weighted by Crippen LogP contribution is -2.12. The van der Waals surface area contributed by atoms with Crippen LogP contribution in [0.25, 0.3) is 11.5 Å². The van der Waals surface area contributed by atoms with Crippen molar-refractivity contribution in [3.05, 3.63) is 65.0 Å². The summed E-state index contributed by atoms with van der Waals surface area (Å²) < 4.78 is 5.54. The van der Waals surface area contributed by atoms with Crippen LogP contribution in [0, 0.1) is 0 Å². The van der Waals surface area contributed by atoms with Gasteiger partial charge in [-0.15, -0.1) is 0 Å². The van der Waals surface area contributed by atoms with Crippen LogP contribution in [-0.2, 0) is 19.3 Å². The van der Waals surface area contributed by atoms with Crippen LogP contribution >= 0.6 is 0 Å². The molecule has 0 fully saturated rings. The van der Waals surface area contributed by atoms with E-state index < -0.39 is 0 Å². The lowest BCUT2D eigenvalue weighted by atomic mass is 10.1. The number of hydrogen-bond acceptors (Lipinski definition) is 5. The van der Waals surface area contributed by atoms with E-state index in [4.69, 9.17) is 14.7 Å². The zero-order chi connectivity index (χ0) is 18.2. The van der Waals surface area contributed by atoms with E-state index in [2.05, 4.69) is 22.4 Å². The average Bonchev–Trinajstić information content (AvgIpc) is 3.36. The van der Waals surface area contributed by atoms with Crippen molar-refractivity contribution in [2.75, 3.05) is 12.4 Å². The molecule has 0 aliphatic heterocycles. The number of anilines is 1. The van der Waals surface area contributed by atoms with E-state index >= 15 is 0 Å². The summed E-state index contributed by atoms with van der Waals surface area (Å²) in [5.41, 5.74) is 5.89. The van der Waals surface area contributed by atoms with Gasteiger partial charge in [-0.25, -0.2) is 9.97 Å². The number of pyridine rings is 1. The molecular formula is C22H22N4O. The quantitative estimate of drug-likeness (QED) is 0.760. The maximum Gasteiger partial charge on any atom is 0.180 e. The molecule has 1 N–H and O–H groups in total. The summed E-state index contributed by atoms with van der Waals surface area (Å²) in [5.74, 6) is 2.67. The van der Waals surface area contributed by atoms with Crippen molar-refractivity contribution in [3.8, 4) is 17.3 Å². The normalized spacial score (nSPS) is 17.4. The van der Waals surface area contributed by atoms with Gasteiger partial charge in [-0.2, -0.15) is 0 Å². The summed E-state index contributed by atoms with van der Waals surface area (Å²) in [4.78, 5) is 14.1. The Balaban J connectivity index is 1.53. The molecule has 0 radical (unpaired) electrons. The van der Waals surface area contributed by atoms with Crippen LogP contribution in [0.1, 0.15) is 41.3 Å². The molecule has 0 amide bonds. The number of methoxy groups -OCH3 is 1. The van der Waals surface area contributed by atoms with Crippen LogP contribution in [0.2, 0.25) is 0 Å². The summed E-state index contributed by atoms with van der Waals surface area (Å²) in [5, 5.41) is 3.72. The summed E-state index contributed by atoms with van der Waals surface area (Å²) in [6.45, 7) is 0. The molecule has 1 unspecified atom stereocenters. The number of nitrogens with zero attached hydrogens (tertiary/aromatic N) is 3. The van der Waals surface area contributed by atoms with Gasteiger partial charge in [-0.3, -0.25) is 4.98 Å². The number of nitrogens with one attached hydrogen (secondary N) is 1. The molecule has 1 atom stereocenters. The molecule has 27 heavy (non-hydrogen) atoms. The number of hydrogen-bond donors (Lipinski definition) is 1. The SMILES string of the molecule is COc1cccc2c1CCC2Nc1nc(-c2ccccn2)nc2c1CCC2. The van der Waals surface area contributed by atoms with Crippen LogP contribution in [-0.4, -0.2) is 22.1 Å². The molecule has 1 aromatic carbocycles. The molecule has 2 heterocycles. The Morgan fingerprint density at radius 3 is 2.81 bits per heavy atom. The highest BCUT2D eigenvalue weighted by molar-refractivity contribution is 5.59. The Kier molecular flexibility index (Phi) is 4.00. The molecule has 2 aromatic heterocycles. The molecule has 5 heteroatoms. The summed E-state index contributed by atoms with van der Waals surface area (Å²) in [6, 6.07) is 12.4. The van der Waals surface area contributed by atoms with Crippen molar-refractivity contribution in [3.63, 3.8) is 0 Å². The minimum absolute atomic E-state index is 0.256. The molecule has 3 aromatic rings. The number of ether oxygens (including phenoxy) is 1. The summed E-state index contributed by atoms with van der Waals surface area (Å²) in [6.07, 6.45) is 7.06.